The second-order valence-corrected chi connectivity index (χ2v) is 5.14. The maximum absolute atomic E-state index is 14.0. The topological polar surface area (TPSA) is 41.6 Å². The molecule has 23 heavy (non-hydrogen) atoms. The molecule has 0 aromatic heterocycles. The molecular formula is C14H15F5N2O2. The lowest BCUT2D eigenvalue weighted by molar-refractivity contribution is -0.174. The lowest BCUT2D eigenvalue weighted by Crippen LogP contribution is -2.24. The molecule has 1 aliphatic rings. The van der Waals surface area contributed by atoms with Crippen molar-refractivity contribution < 1.29 is 31.5 Å². The number of hydrogen-bond acceptors (Lipinski definition) is 3. The van der Waals surface area contributed by atoms with Crippen LogP contribution in [0.25, 0.3) is 0 Å². The van der Waals surface area contributed by atoms with E-state index in [1.807, 2.05) is 0 Å². The molecule has 1 amide bonds. The van der Waals surface area contributed by atoms with Crippen LogP contribution in [0.15, 0.2) is 12.1 Å². The standard InChI is InChI=1S/C14H15F5N2O2/c15-10-5-9(20-12(22)7-23-8-14(17,18)19)6-11(16)13(10)21-3-1-2-4-21/h5-6H,1-4,7-8H2,(H,20,22). The van der Waals surface area contributed by atoms with Crippen molar-refractivity contribution in [1.29, 1.82) is 0 Å². The normalized spacial score (nSPS) is 15.1. The van der Waals surface area contributed by atoms with Gasteiger partial charge in [0.1, 0.15) is 18.9 Å². The van der Waals surface area contributed by atoms with Crippen LogP contribution in [-0.4, -0.2) is 38.4 Å². The highest BCUT2D eigenvalue weighted by atomic mass is 19.4. The van der Waals surface area contributed by atoms with Crippen molar-refractivity contribution in [3.63, 3.8) is 0 Å². The Hall–Kier alpha value is -1.90. The molecule has 4 nitrogen and oxygen atoms in total. The van der Waals surface area contributed by atoms with Crippen LogP contribution < -0.4 is 10.2 Å². The van der Waals surface area contributed by atoms with Gasteiger partial charge in [-0.05, 0) is 25.0 Å². The van der Waals surface area contributed by atoms with Gasteiger partial charge in [-0.3, -0.25) is 4.79 Å². The van der Waals surface area contributed by atoms with E-state index in [-0.39, 0.29) is 11.4 Å². The van der Waals surface area contributed by atoms with E-state index >= 15 is 0 Å². The lowest BCUT2D eigenvalue weighted by Gasteiger charge is -2.19. The zero-order valence-corrected chi connectivity index (χ0v) is 12.1. The van der Waals surface area contributed by atoms with E-state index in [2.05, 4.69) is 10.1 Å². The Bertz CT molecular complexity index is 548. The number of carbonyl (C=O) groups is 1. The highest BCUT2D eigenvalue weighted by molar-refractivity contribution is 5.91. The molecule has 0 unspecified atom stereocenters. The number of rotatable bonds is 5. The molecule has 1 fully saturated rings. The number of halogens is 5. The minimum absolute atomic E-state index is 0.158. The van der Waals surface area contributed by atoms with Gasteiger partial charge in [0.05, 0.1) is 0 Å². The van der Waals surface area contributed by atoms with Gasteiger partial charge >= 0.3 is 6.18 Å². The first-order chi connectivity index (χ1) is 10.8. The summed E-state index contributed by atoms with van der Waals surface area (Å²) in [6.07, 6.45) is -2.86. The van der Waals surface area contributed by atoms with Crippen molar-refractivity contribution in [3.8, 4) is 0 Å². The summed E-state index contributed by atoms with van der Waals surface area (Å²) in [5, 5.41) is 2.10. The summed E-state index contributed by atoms with van der Waals surface area (Å²) in [7, 11) is 0. The molecule has 1 aromatic carbocycles. The number of alkyl halides is 3. The predicted molar refractivity (Wildman–Crippen MR) is 73.3 cm³/mol. The quantitative estimate of drug-likeness (QED) is 0.839. The molecule has 0 spiro atoms. The minimum atomic E-state index is -4.55. The fourth-order valence-electron chi connectivity index (χ4n) is 2.34. The molecule has 9 heteroatoms. The monoisotopic (exact) mass is 338 g/mol. The first-order valence-corrected chi connectivity index (χ1v) is 6.94. The van der Waals surface area contributed by atoms with Gasteiger partial charge in [-0.15, -0.1) is 0 Å². The first kappa shape index (κ1) is 17.5. The molecule has 0 radical (unpaired) electrons. The number of carbonyl (C=O) groups excluding carboxylic acids is 1. The Morgan fingerprint density at radius 3 is 2.26 bits per heavy atom. The van der Waals surface area contributed by atoms with Crippen LogP contribution in [0.5, 0.6) is 0 Å². The molecule has 1 N–H and O–H groups in total. The summed E-state index contributed by atoms with van der Waals surface area (Å²) in [5.41, 5.74) is -0.336. The molecular weight excluding hydrogens is 323 g/mol. The average Bonchev–Trinajstić information content (AvgIpc) is 2.89. The molecule has 1 aromatic rings. The first-order valence-electron chi connectivity index (χ1n) is 6.94. The second-order valence-electron chi connectivity index (χ2n) is 5.14. The molecule has 0 saturated carbocycles. The highest BCUT2D eigenvalue weighted by Crippen LogP contribution is 2.29. The van der Waals surface area contributed by atoms with Crippen LogP contribution in [0.2, 0.25) is 0 Å². The summed E-state index contributed by atoms with van der Waals surface area (Å²) >= 11 is 0. The molecule has 0 aliphatic carbocycles. The summed E-state index contributed by atoms with van der Waals surface area (Å²) in [4.78, 5) is 13.0. The third-order valence-electron chi connectivity index (χ3n) is 3.22. The van der Waals surface area contributed by atoms with Crippen molar-refractivity contribution in [2.24, 2.45) is 0 Å². The molecule has 1 saturated heterocycles. The Morgan fingerprint density at radius 2 is 1.74 bits per heavy atom. The van der Waals surface area contributed by atoms with Gasteiger partial charge in [0.2, 0.25) is 5.91 Å². The molecule has 1 heterocycles. The number of anilines is 2. The zero-order chi connectivity index (χ0) is 17.0. The van der Waals surface area contributed by atoms with Crippen molar-refractivity contribution in [2.45, 2.75) is 19.0 Å². The van der Waals surface area contributed by atoms with E-state index in [1.54, 1.807) is 4.90 Å². The molecule has 128 valence electrons. The predicted octanol–water partition coefficient (Wildman–Crippen LogP) is 3.08. The van der Waals surface area contributed by atoms with Gasteiger partial charge in [0.25, 0.3) is 0 Å². The third-order valence-corrected chi connectivity index (χ3v) is 3.22. The fraction of sp³-hybridized carbons (Fsp3) is 0.500. The Kier molecular flexibility index (Phi) is 5.40. The van der Waals surface area contributed by atoms with Crippen LogP contribution >= 0.6 is 0 Å². The molecule has 0 atom stereocenters. The maximum Gasteiger partial charge on any atom is 0.411 e. The fourth-order valence-corrected chi connectivity index (χ4v) is 2.34. The molecule has 2 rings (SSSR count). The Morgan fingerprint density at radius 1 is 1.17 bits per heavy atom. The number of nitrogens with zero attached hydrogens (tertiary/aromatic N) is 1. The van der Waals surface area contributed by atoms with Gasteiger partial charge in [-0.1, -0.05) is 0 Å². The molecule has 1 aliphatic heterocycles. The summed E-state index contributed by atoms with van der Waals surface area (Å²) in [6.45, 7) is -1.34. The Balaban J connectivity index is 1.97. The number of amides is 1. The van der Waals surface area contributed by atoms with Crippen LogP contribution in [0.3, 0.4) is 0 Å². The summed E-state index contributed by atoms with van der Waals surface area (Å²) in [5.74, 6) is -2.60. The Labute approximate surface area is 129 Å². The minimum Gasteiger partial charge on any atom is -0.367 e. The number of hydrogen-bond donors (Lipinski definition) is 1. The van der Waals surface area contributed by atoms with Gasteiger partial charge < -0.3 is 15.0 Å². The zero-order valence-electron chi connectivity index (χ0n) is 12.1. The molecule has 0 bridgehead atoms. The van der Waals surface area contributed by atoms with E-state index < -0.39 is 36.9 Å². The third kappa shape index (κ3) is 5.05. The van der Waals surface area contributed by atoms with Gasteiger partial charge in [0.15, 0.2) is 11.6 Å². The SMILES string of the molecule is O=C(COCC(F)(F)F)Nc1cc(F)c(N2CCCC2)c(F)c1. The van der Waals surface area contributed by atoms with Gasteiger partial charge in [0, 0.05) is 18.8 Å². The maximum atomic E-state index is 14.0. The van der Waals surface area contributed by atoms with Crippen LogP contribution in [0, 0.1) is 11.6 Å². The second kappa shape index (κ2) is 7.12. The number of ether oxygens (including phenoxy) is 1. The van der Waals surface area contributed by atoms with E-state index in [4.69, 9.17) is 0 Å². The van der Waals surface area contributed by atoms with Crippen LogP contribution in [-0.2, 0) is 9.53 Å². The van der Waals surface area contributed by atoms with Gasteiger partial charge in [-0.2, -0.15) is 13.2 Å². The van der Waals surface area contributed by atoms with Crippen LogP contribution in [0.4, 0.5) is 33.3 Å². The van der Waals surface area contributed by atoms with E-state index in [1.165, 1.54) is 0 Å². The summed E-state index contributed by atoms with van der Waals surface area (Å²) in [6, 6.07) is 1.86. The summed E-state index contributed by atoms with van der Waals surface area (Å²) < 4.78 is 67.8. The van der Waals surface area contributed by atoms with E-state index in [0.717, 1.165) is 25.0 Å². The van der Waals surface area contributed by atoms with Crippen molar-refractivity contribution in [3.05, 3.63) is 23.8 Å². The lowest BCUT2D eigenvalue weighted by atomic mass is 10.2. The highest BCUT2D eigenvalue weighted by Gasteiger charge is 2.28. The van der Waals surface area contributed by atoms with Crippen LogP contribution in [0.1, 0.15) is 12.8 Å². The van der Waals surface area contributed by atoms with E-state index in [9.17, 15) is 26.7 Å². The smallest absolute Gasteiger partial charge is 0.367 e. The van der Waals surface area contributed by atoms with Gasteiger partial charge in [-0.25, -0.2) is 8.78 Å². The van der Waals surface area contributed by atoms with Crippen molar-refractivity contribution in [2.75, 3.05) is 36.5 Å². The number of nitrogens with one attached hydrogen (secondary N) is 1. The van der Waals surface area contributed by atoms with Crippen molar-refractivity contribution in [1.82, 2.24) is 0 Å². The average molecular weight is 338 g/mol. The largest absolute Gasteiger partial charge is 0.411 e. The van der Waals surface area contributed by atoms with Crippen molar-refractivity contribution >= 4 is 17.3 Å². The van der Waals surface area contributed by atoms with E-state index in [0.29, 0.717) is 13.1 Å². The number of benzene rings is 1.